The quantitative estimate of drug-likeness (QED) is 0.715. The molecule has 66 valence electrons. The van der Waals surface area contributed by atoms with Gasteiger partial charge in [0.2, 0.25) is 5.88 Å². The van der Waals surface area contributed by atoms with Gasteiger partial charge in [0.25, 0.3) is 0 Å². The molecule has 0 radical (unpaired) electrons. The summed E-state index contributed by atoms with van der Waals surface area (Å²) >= 11 is 2.90. The van der Waals surface area contributed by atoms with Gasteiger partial charge >= 0.3 is 0 Å². The molecule has 0 aliphatic heterocycles. The van der Waals surface area contributed by atoms with E-state index in [1.54, 1.807) is 0 Å². The fraction of sp³-hybridized carbons (Fsp3) is 0. The summed E-state index contributed by atoms with van der Waals surface area (Å²) in [5.74, 6) is -0.781. The molecule has 0 saturated heterocycles. The van der Waals surface area contributed by atoms with E-state index in [1.807, 2.05) is 0 Å². The van der Waals surface area contributed by atoms with Crippen LogP contribution in [0.5, 0.6) is 5.88 Å². The first-order chi connectivity index (χ1) is 6.18. The van der Waals surface area contributed by atoms with Gasteiger partial charge in [0.1, 0.15) is 10.9 Å². The van der Waals surface area contributed by atoms with Crippen LogP contribution in [0.4, 0.5) is 4.39 Å². The van der Waals surface area contributed by atoms with Crippen molar-refractivity contribution in [2.75, 3.05) is 0 Å². The van der Waals surface area contributed by atoms with E-state index in [4.69, 9.17) is 0 Å². The minimum Gasteiger partial charge on any atom is -0.492 e. The average Bonchev–Trinajstić information content (AvgIpc) is 2.09. The van der Waals surface area contributed by atoms with Crippen LogP contribution in [0, 0.1) is 5.82 Å². The molecule has 0 aliphatic carbocycles. The summed E-state index contributed by atoms with van der Waals surface area (Å²) < 4.78 is 13.0. The minimum atomic E-state index is -0.523. The van der Waals surface area contributed by atoms with Gasteiger partial charge < -0.3 is 5.11 Å². The zero-order valence-corrected chi connectivity index (χ0v) is 7.79. The first-order valence-corrected chi connectivity index (χ1v) is 4.13. The molecule has 0 unspecified atom stereocenters. The molecule has 0 saturated carbocycles. The molecule has 0 amide bonds. The zero-order chi connectivity index (χ0) is 9.42. The Kier molecular flexibility index (Phi) is 1.84. The van der Waals surface area contributed by atoms with E-state index in [1.165, 1.54) is 6.07 Å². The fourth-order valence-electron chi connectivity index (χ4n) is 0.927. The van der Waals surface area contributed by atoms with E-state index >= 15 is 0 Å². The van der Waals surface area contributed by atoms with Crippen molar-refractivity contribution >= 4 is 27.0 Å². The molecule has 0 aliphatic rings. The summed E-state index contributed by atoms with van der Waals surface area (Å²) in [5.41, 5.74) is 0.448. The molecule has 0 spiro atoms. The summed E-state index contributed by atoms with van der Waals surface area (Å²) in [7, 11) is 0. The third-order valence-electron chi connectivity index (χ3n) is 1.50. The maximum absolute atomic E-state index is 12.9. The van der Waals surface area contributed by atoms with Crippen LogP contribution in [0.1, 0.15) is 0 Å². The molecule has 2 heterocycles. The second-order valence-electron chi connectivity index (χ2n) is 2.33. The van der Waals surface area contributed by atoms with Crippen LogP contribution in [0.3, 0.4) is 0 Å². The lowest BCUT2D eigenvalue weighted by Gasteiger charge is -1.98. The second kappa shape index (κ2) is 2.88. The monoisotopic (exact) mass is 243 g/mol. The first-order valence-electron chi connectivity index (χ1n) is 3.34. The number of rotatable bonds is 0. The second-order valence-corrected chi connectivity index (χ2v) is 3.08. The van der Waals surface area contributed by atoms with Crippen molar-refractivity contribution in [2.45, 2.75) is 0 Å². The van der Waals surface area contributed by atoms with Crippen LogP contribution in [-0.2, 0) is 0 Å². The Morgan fingerprint density at radius 3 is 2.92 bits per heavy atom. The van der Waals surface area contributed by atoms with Gasteiger partial charge in [-0.25, -0.2) is 19.3 Å². The molecule has 0 aromatic carbocycles. The molecule has 0 atom stereocenters. The molecular weight excluding hydrogens is 241 g/mol. The van der Waals surface area contributed by atoms with Gasteiger partial charge in [-0.2, -0.15) is 0 Å². The summed E-state index contributed by atoms with van der Waals surface area (Å²) in [4.78, 5) is 11.0. The van der Waals surface area contributed by atoms with Gasteiger partial charge in [0.05, 0.1) is 5.52 Å². The van der Waals surface area contributed by atoms with Crippen molar-refractivity contribution in [2.24, 2.45) is 0 Å². The SMILES string of the molecule is Oc1ncnc2cc(F)c(Br)nc12. The van der Waals surface area contributed by atoms with Crippen LogP contribution in [0.25, 0.3) is 11.0 Å². The number of hydrogen-bond donors (Lipinski definition) is 1. The highest BCUT2D eigenvalue weighted by atomic mass is 79.9. The Morgan fingerprint density at radius 2 is 2.15 bits per heavy atom. The van der Waals surface area contributed by atoms with Crippen LogP contribution < -0.4 is 0 Å². The highest BCUT2D eigenvalue weighted by Gasteiger charge is 2.08. The smallest absolute Gasteiger partial charge is 0.241 e. The minimum absolute atomic E-state index is 0.0325. The summed E-state index contributed by atoms with van der Waals surface area (Å²) in [6.45, 7) is 0. The van der Waals surface area contributed by atoms with Crippen molar-refractivity contribution in [1.29, 1.82) is 0 Å². The predicted molar refractivity (Wildman–Crippen MR) is 46.7 cm³/mol. The molecule has 2 aromatic rings. The van der Waals surface area contributed by atoms with Crippen LogP contribution in [-0.4, -0.2) is 20.1 Å². The average molecular weight is 244 g/mol. The van der Waals surface area contributed by atoms with E-state index in [9.17, 15) is 9.50 Å². The highest BCUT2D eigenvalue weighted by molar-refractivity contribution is 9.10. The number of halogens is 2. The Labute approximate surface area is 80.6 Å². The lowest BCUT2D eigenvalue weighted by molar-refractivity contribution is 0.457. The number of fused-ring (bicyclic) bond motifs is 1. The molecule has 6 heteroatoms. The van der Waals surface area contributed by atoms with E-state index in [0.29, 0.717) is 0 Å². The molecule has 1 N–H and O–H groups in total. The van der Waals surface area contributed by atoms with Crippen LogP contribution >= 0.6 is 15.9 Å². The molecular formula is C7H3BrFN3O. The van der Waals surface area contributed by atoms with Crippen molar-refractivity contribution < 1.29 is 9.50 Å². The molecule has 0 bridgehead atoms. The fourth-order valence-corrected chi connectivity index (χ4v) is 1.22. The van der Waals surface area contributed by atoms with E-state index in [-0.39, 0.29) is 21.5 Å². The molecule has 13 heavy (non-hydrogen) atoms. The van der Waals surface area contributed by atoms with Crippen molar-refractivity contribution in [3.63, 3.8) is 0 Å². The topological polar surface area (TPSA) is 58.9 Å². The van der Waals surface area contributed by atoms with Crippen LogP contribution in [0.15, 0.2) is 17.0 Å². The summed E-state index contributed by atoms with van der Waals surface area (Å²) in [6.07, 6.45) is 1.15. The van der Waals surface area contributed by atoms with Crippen molar-refractivity contribution in [3.8, 4) is 5.88 Å². The van der Waals surface area contributed by atoms with E-state index in [0.717, 1.165) is 6.33 Å². The highest BCUT2D eigenvalue weighted by Crippen LogP contribution is 2.22. The Morgan fingerprint density at radius 1 is 1.38 bits per heavy atom. The molecule has 2 aromatic heterocycles. The van der Waals surface area contributed by atoms with Gasteiger partial charge in [0, 0.05) is 6.07 Å². The lowest BCUT2D eigenvalue weighted by Crippen LogP contribution is -1.90. The lowest BCUT2D eigenvalue weighted by atomic mass is 10.3. The third-order valence-corrected chi connectivity index (χ3v) is 2.06. The van der Waals surface area contributed by atoms with Gasteiger partial charge in [0.15, 0.2) is 11.3 Å². The van der Waals surface area contributed by atoms with E-state index in [2.05, 4.69) is 30.9 Å². The zero-order valence-electron chi connectivity index (χ0n) is 6.20. The number of hydrogen-bond acceptors (Lipinski definition) is 4. The summed E-state index contributed by atoms with van der Waals surface area (Å²) in [6, 6.07) is 1.17. The van der Waals surface area contributed by atoms with E-state index < -0.39 is 5.82 Å². The number of aromatic hydroxyl groups is 1. The molecule has 4 nitrogen and oxygen atoms in total. The van der Waals surface area contributed by atoms with Gasteiger partial charge in [-0.15, -0.1) is 0 Å². The maximum atomic E-state index is 12.9. The number of nitrogens with zero attached hydrogens (tertiary/aromatic N) is 3. The maximum Gasteiger partial charge on any atom is 0.241 e. The Bertz CT molecular complexity index is 476. The first kappa shape index (κ1) is 8.31. The molecule has 2 rings (SSSR count). The normalized spacial score (nSPS) is 10.6. The van der Waals surface area contributed by atoms with Crippen LogP contribution in [0.2, 0.25) is 0 Å². The number of aromatic nitrogens is 3. The van der Waals surface area contributed by atoms with Gasteiger partial charge in [-0.3, -0.25) is 0 Å². The number of pyridine rings is 1. The largest absolute Gasteiger partial charge is 0.492 e. The predicted octanol–water partition coefficient (Wildman–Crippen LogP) is 1.63. The van der Waals surface area contributed by atoms with Gasteiger partial charge in [-0.1, -0.05) is 0 Å². The Hall–Kier alpha value is -1.30. The molecule has 0 fully saturated rings. The van der Waals surface area contributed by atoms with Crippen molar-refractivity contribution in [3.05, 3.63) is 22.8 Å². The standard InChI is InChI=1S/C7H3BrFN3O/c8-6-3(9)1-4-5(12-6)7(13)11-2-10-4/h1-2H,(H,10,11,13). The van der Waals surface area contributed by atoms with Gasteiger partial charge in [-0.05, 0) is 15.9 Å². The third kappa shape index (κ3) is 1.33. The van der Waals surface area contributed by atoms with Crippen molar-refractivity contribution in [1.82, 2.24) is 15.0 Å². The Balaban J connectivity index is 2.89. The summed E-state index contributed by atoms with van der Waals surface area (Å²) in [5, 5.41) is 9.23.